The van der Waals surface area contributed by atoms with Gasteiger partial charge in [0.2, 0.25) is 5.43 Å². The molecule has 0 radical (unpaired) electrons. The summed E-state index contributed by atoms with van der Waals surface area (Å²) >= 11 is 0. The van der Waals surface area contributed by atoms with Crippen molar-refractivity contribution in [2.75, 3.05) is 38.8 Å². The fraction of sp³-hybridized carbons (Fsp3) is 0.467. The van der Waals surface area contributed by atoms with Crippen LogP contribution in [0.15, 0.2) is 29.2 Å². The Labute approximate surface area is 243 Å². The molecule has 0 aliphatic carbocycles. The molecule has 0 unspecified atom stereocenters. The second-order valence-corrected chi connectivity index (χ2v) is 11.0. The van der Waals surface area contributed by atoms with E-state index in [1.807, 2.05) is 0 Å². The molecule has 226 valence electrons. The molecule has 11 nitrogen and oxygen atoms in total. The van der Waals surface area contributed by atoms with Crippen LogP contribution in [0, 0.1) is 12.7 Å². The molecule has 0 spiro atoms. The highest BCUT2D eigenvalue weighted by molar-refractivity contribution is 5.94. The standard InChI is InChI=1S/C30H37FN4O7/c1-8-41-28(37)21-16-35(14-18-9-10-20(39-6)13-22(18)40-7)26-23(25(21)36)17(2)24(31)27(33-26)34-12-11-19(15-34)32-29(38)42-30(3,4)5/h9-10,13,16,19H,8,11-12,14-15H2,1-7H3,(H,32,38)/t19-/m0/s1. The van der Waals surface area contributed by atoms with E-state index in [1.54, 1.807) is 62.5 Å². The Bertz CT molecular complexity index is 1560. The minimum Gasteiger partial charge on any atom is -0.497 e. The maximum atomic E-state index is 15.9. The molecule has 0 saturated carbocycles. The zero-order valence-corrected chi connectivity index (χ0v) is 25.0. The number of fused-ring (bicyclic) bond motifs is 1. The molecule has 12 heteroatoms. The summed E-state index contributed by atoms with van der Waals surface area (Å²) in [4.78, 5) is 44.9. The Hall–Kier alpha value is -4.35. The average molecular weight is 585 g/mol. The zero-order chi connectivity index (χ0) is 30.8. The molecular weight excluding hydrogens is 547 g/mol. The van der Waals surface area contributed by atoms with E-state index in [-0.39, 0.29) is 47.2 Å². The number of pyridine rings is 2. The molecule has 3 heterocycles. The molecular formula is C30H37FN4O7. The van der Waals surface area contributed by atoms with E-state index in [0.29, 0.717) is 36.6 Å². The highest BCUT2D eigenvalue weighted by Gasteiger charge is 2.31. The van der Waals surface area contributed by atoms with Crippen LogP contribution in [0.5, 0.6) is 11.5 Å². The van der Waals surface area contributed by atoms with Crippen molar-refractivity contribution in [2.24, 2.45) is 0 Å². The van der Waals surface area contributed by atoms with Gasteiger partial charge in [0.1, 0.15) is 28.3 Å². The van der Waals surface area contributed by atoms with Crippen molar-refractivity contribution in [3.8, 4) is 11.5 Å². The minimum absolute atomic E-state index is 0.0168. The van der Waals surface area contributed by atoms with Crippen molar-refractivity contribution >= 4 is 28.9 Å². The summed E-state index contributed by atoms with van der Waals surface area (Å²) in [6, 6.07) is 5.00. The summed E-state index contributed by atoms with van der Waals surface area (Å²) in [7, 11) is 3.07. The fourth-order valence-electron chi connectivity index (χ4n) is 4.94. The number of aryl methyl sites for hydroxylation is 1. The van der Waals surface area contributed by atoms with Crippen LogP contribution in [-0.4, -0.2) is 67.2 Å². The molecule has 2 aromatic heterocycles. The van der Waals surface area contributed by atoms with Gasteiger partial charge in [-0.25, -0.2) is 19.0 Å². The number of carbonyl (C=O) groups is 2. The molecule has 1 fully saturated rings. The highest BCUT2D eigenvalue weighted by Crippen LogP contribution is 2.30. The van der Waals surface area contributed by atoms with Gasteiger partial charge in [-0.1, -0.05) is 0 Å². The third kappa shape index (κ3) is 6.42. The molecule has 1 aromatic carbocycles. The fourth-order valence-corrected chi connectivity index (χ4v) is 4.94. The summed E-state index contributed by atoms with van der Waals surface area (Å²) in [6.07, 6.45) is 1.39. The number of halogens is 1. The van der Waals surface area contributed by atoms with Crippen LogP contribution in [-0.2, 0) is 16.0 Å². The number of nitrogens with one attached hydrogen (secondary N) is 1. The van der Waals surface area contributed by atoms with E-state index < -0.39 is 28.9 Å². The number of nitrogens with zero attached hydrogens (tertiary/aromatic N) is 3. The summed E-state index contributed by atoms with van der Waals surface area (Å²) in [5, 5.41) is 2.81. The van der Waals surface area contributed by atoms with Crippen molar-refractivity contribution in [3.05, 3.63) is 57.1 Å². The van der Waals surface area contributed by atoms with Gasteiger partial charge < -0.3 is 33.7 Å². The van der Waals surface area contributed by atoms with E-state index in [1.165, 1.54) is 20.2 Å². The number of aromatic nitrogens is 2. The van der Waals surface area contributed by atoms with Gasteiger partial charge in [-0.05, 0) is 53.2 Å². The molecule has 1 aliphatic rings. The zero-order valence-electron chi connectivity index (χ0n) is 25.0. The molecule has 4 rings (SSSR count). The maximum absolute atomic E-state index is 15.9. The van der Waals surface area contributed by atoms with E-state index in [4.69, 9.17) is 18.9 Å². The number of rotatable bonds is 8. The molecule has 0 bridgehead atoms. The minimum atomic E-state index is -0.806. The molecule has 1 saturated heterocycles. The highest BCUT2D eigenvalue weighted by atomic mass is 19.1. The lowest BCUT2D eigenvalue weighted by molar-refractivity contribution is 0.0503. The van der Waals surface area contributed by atoms with Gasteiger partial charge in [-0.15, -0.1) is 0 Å². The Morgan fingerprint density at radius 3 is 2.57 bits per heavy atom. The van der Waals surface area contributed by atoms with E-state index >= 15 is 4.39 Å². The van der Waals surface area contributed by atoms with Crippen molar-refractivity contribution in [2.45, 2.75) is 59.2 Å². The van der Waals surface area contributed by atoms with Crippen LogP contribution in [0.2, 0.25) is 0 Å². The number of hydrogen-bond donors (Lipinski definition) is 1. The maximum Gasteiger partial charge on any atom is 0.407 e. The van der Waals surface area contributed by atoms with E-state index in [0.717, 1.165) is 0 Å². The first-order valence-corrected chi connectivity index (χ1v) is 13.7. The largest absolute Gasteiger partial charge is 0.497 e. The molecule has 1 aliphatic heterocycles. The first-order valence-electron chi connectivity index (χ1n) is 13.7. The topological polar surface area (TPSA) is 121 Å². The Kier molecular flexibility index (Phi) is 8.93. The second kappa shape index (κ2) is 12.3. The third-order valence-corrected chi connectivity index (χ3v) is 6.90. The Morgan fingerprint density at radius 1 is 1.19 bits per heavy atom. The summed E-state index contributed by atoms with van der Waals surface area (Å²) in [5.41, 5.74) is -0.566. The van der Waals surface area contributed by atoms with Crippen molar-refractivity contribution in [1.82, 2.24) is 14.9 Å². The van der Waals surface area contributed by atoms with Crippen LogP contribution in [0.25, 0.3) is 11.0 Å². The molecule has 1 amide bonds. The lowest BCUT2D eigenvalue weighted by atomic mass is 10.1. The van der Waals surface area contributed by atoms with Crippen LogP contribution >= 0.6 is 0 Å². The van der Waals surface area contributed by atoms with Gasteiger partial charge in [0, 0.05) is 36.5 Å². The molecule has 1 N–H and O–H groups in total. The van der Waals surface area contributed by atoms with Crippen molar-refractivity contribution in [3.63, 3.8) is 0 Å². The summed E-state index contributed by atoms with van der Waals surface area (Å²) < 4.78 is 38.9. The third-order valence-electron chi connectivity index (χ3n) is 6.90. The Morgan fingerprint density at radius 2 is 1.93 bits per heavy atom. The normalized spacial score (nSPS) is 15.0. The number of hydrogen-bond acceptors (Lipinski definition) is 9. The quantitative estimate of drug-likeness (QED) is 0.389. The van der Waals surface area contributed by atoms with E-state index in [2.05, 4.69) is 10.3 Å². The van der Waals surface area contributed by atoms with Gasteiger partial charge in [-0.2, -0.15) is 0 Å². The number of amides is 1. The van der Waals surface area contributed by atoms with Gasteiger partial charge >= 0.3 is 12.1 Å². The van der Waals surface area contributed by atoms with Gasteiger partial charge in [-0.3, -0.25) is 4.79 Å². The lowest BCUT2D eigenvalue weighted by Gasteiger charge is -2.23. The van der Waals surface area contributed by atoms with Gasteiger partial charge in [0.05, 0.1) is 38.8 Å². The van der Waals surface area contributed by atoms with Crippen molar-refractivity contribution in [1.29, 1.82) is 0 Å². The second-order valence-electron chi connectivity index (χ2n) is 11.0. The number of carbonyl (C=O) groups excluding carboxylic acids is 2. The smallest absolute Gasteiger partial charge is 0.407 e. The average Bonchev–Trinajstić information content (AvgIpc) is 3.38. The van der Waals surface area contributed by atoms with Gasteiger partial charge in [0.15, 0.2) is 11.6 Å². The molecule has 1 atom stereocenters. The first-order chi connectivity index (χ1) is 19.9. The number of esters is 1. The Balaban J connectivity index is 1.80. The van der Waals surface area contributed by atoms with Crippen LogP contribution in [0.3, 0.4) is 0 Å². The van der Waals surface area contributed by atoms with Crippen LogP contribution < -0.4 is 25.1 Å². The number of ether oxygens (including phenoxy) is 4. The SMILES string of the molecule is CCOC(=O)c1cn(Cc2ccc(OC)cc2OC)c2nc(N3CC[C@H](NC(=O)OC(C)(C)C)C3)c(F)c(C)c2c1=O. The molecule has 3 aromatic rings. The first kappa shape index (κ1) is 30.6. The predicted octanol–water partition coefficient (Wildman–Crippen LogP) is 4.19. The number of anilines is 1. The van der Waals surface area contributed by atoms with Crippen LogP contribution in [0.1, 0.15) is 55.6 Å². The monoisotopic (exact) mass is 584 g/mol. The van der Waals surface area contributed by atoms with E-state index in [9.17, 15) is 14.4 Å². The molecule has 42 heavy (non-hydrogen) atoms. The summed E-state index contributed by atoms with van der Waals surface area (Å²) in [5.74, 6) is -0.318. The van der Waals surface area contributed by atoms with Crippen molar-refractivity contribution < 1.29 is 32.9 Å². The number of alkyl carbamates (subject to hydrolysis) is 1. The number of methoxy groups -OCH3 is 2. The number of benzene rings is 1. The van der Waals surface area contributed by atoms with Gasteiger partial charge in [0.25, 0.3) is 0 Å². The lowest BCUT2D eigenvalue weighted by Crippen LogP contribution is -2.40. The van der Waals surface area contributed by atoms with Crippen LogP contribution in [0.4, 0.5) is 15.0 Å². The predicted molar refractivity (Wildman–Crippen MR) is 155 cm³/mol. The summed E-state index contributed by atoms with van der Waals surface area (Å²) in [6.45, 7) is 9.40.